The summed E-state index contributed by atoms with van der Waals surface area (Å²) in [5.74, 6) is 1.91. The molecule has 0 amide bonds. The maximum atomic E-state index is 5.87. The number of hydrogen-bond donors (Lipinski definition) is 1. The van der Waals surface area contributed by atoms with Gasteiger partial charge in [-0.05, 0) is 6.42 Å². The molecule has 0 spiro atoms. The van der Waals surface area contributed by atoms with E-state index in [2.05, 4.69) is 18.8 Å². The SMILES string of the molecule is CCCc1nc(CC)n(C)c1N. The number of aromatic nitrogens is 2. The molecule has 1 rings (SSSR count). The van der Waals surface area contributed by atoms with Gasteiger partial charge in [0.15, 0.2) is 0 Å². The fourth-order valence-electron chi connectivity index (χ4n) is 1.36. The standard InChI is InChI=1S/C9H17N3/c1-4-6-7-9(10)12(3)8(5-2)11-7/h4-6,10H2,1-3H3. The Bertz CT molecular complexity index is 263. The van der Waals surface area contributed by atoms with Crippen LogP contribution in [0, 0.1) is 0 Å². The van der Waals surface area contributed by atoms with Crippen molar-refractivity contribution in [2.45, 2.75) is 33.1 Å². The molecule has 0 radical (unpaired) electrons. The molecule has 68 valence electrons. The molecule has 0 saturated heterocycles. The highest BCUT2D eigenvalue weighted by Crippen LogP contribution is 2.14. The van der Waals surface area contributed by atoms with Crippen LogP contribution in [0.4, 0.5) is 5.82 Å². The maximum Gasteiger partial charge on any atom is 0.126 e. The molecular weight excluding hydrogens is 150 g/mol. The normalized spacial score (nSPS) is 10.6. The van der Waals surface area contributed by atoms with E-state index in [9.17, 15) is 0 Å². The van der Waals surface area contributed by atoms with Crippen molar-refractivity contribution in [1.82, 2.24) is 9.55 Å². The molecule has 0 saturated carbocycles. The first-order valence-corrected chi connectivity index (χ1v) is 4.50. The molecule has 0 fully saturated rings. The van der Waals surface area contributed by atoms with Gasteiger partial charge in [-0.25, -0.2) is 4.98 Å². The zero-order valence-electron chi connectivity index (χ0n) is 8.09. The van der Waals surface area contributed by atoms with Crippen LogP contribution < -0.4 is 5.73 Å². The average Bonchev–Trinajstić information content (AvgIpc) is 2.33. The predicted octanol–water partition coefficient (Wildman–Crippen LogP) is 1.52. The summed E-state index contributed by atoms with van der Waals surface area (Å²) < 4.78 is 1.98. The topological polar surface area (TPSA) is 43.8 Å². The Morgan fingerprint density at radius 3 is 2.50 bits per heavy atom. The fraction of sp³-hybridized carbons (Fsp3) is 0.667. The summed E-state index contributed by atoms with van der Waals surface area (Å²) in [4.78, 5) is 4.46. The summed E-state index contributed by atoms with van der Waals surface area (Å²) in [6.45, 7) is 4.23. The lowest BCUT2D eigenvalue weighted by molar-refractivity contribution is 0.813. The van der Waals surface area contributed by atoms with Gasteiger partial charge in [0.1, 0.15) is 11.6 Å². The number of nitrogens with two attached hydrogens (primary N) is 1. The van der Waals surface area contributed by atoms with E-state index in [1.54, 1.807) is 0 Å². The third-order valence-corrected chi connectivity index (χ3v) is 2.11. The van der Waals surface area contributed by atoms with Gasteiger partial charge in [-0.15, -0.1) is 0 Å². The van der Waals surface area contributed by atoms with Gasteiger partial charge in [-0.1, -0.05) is 20.3 Å². The van der Waals surface area contributed by atoms with Crippen molar-refractivity contribution in [2.75, 3.05) is 5.73 Å². The van der Waals surface area contributed by atoms with Crippen LogP contribution >= 0.6 is 0 Å². The quantitative estimate of drug-likeness (QED) is 0.741. The summed E-state index contributed by atoms with van der Waals surface area (Å²) in [6, 6.07) is 0. The molecule has 1 heterocycles. The van der Waals surface area contributed by atoms with Crippen LogP contribution in [0.3, 0.4) is 0 Å². The van der Waals surface area contributed by atoms with Gasteiger partial charge >= 0.3 is 0 Å². The molecule has 0 aliphatic rings. The summed E-state index contributed by atoms with van der Waals surface area (Å²) in [5.41, 5.74) is 6.92. The maximum absolute atomic E-state index is 5.87. The summed E-state index contributed by atoms with van der Waals surface area (Å²) in [5, 5.41) is 0. The lowest BCUT2D eigenvalue weighted by Gasteiger charge is -1.98. The minimum absolute atomic E-state index is 0.828. The van der Waals surface area contributed by atoms with E-state index in [4.69, 9.17) is 5.73 Å². The number of nitrogens with zero attached hydrogens (tertiary/aromatic N) is 2. The second-order valence-corrected chi connectivity index (χ2v) is 3.02. The third kappa shape index (κ3) is 1.44. The summed E-state index contributed by atoms with van der Waals surface area (Å²) in [7, 11) is 1.97. The van der Waals surface area contributed by atoms with Crippen LogP contribution in [-0.4, -0.2) is 9.55 Å². The van der Waals surface area contributed by atoms with Gasteiger partial charge < -0.3 is 10.3 Å². The van der Waals surface area contributed by atoms with Crippen LogP contribution in [0.5, 0.6) is 0 Å². The Morgan fingerprint density at radius 1 is 1.42 bits per heavy atom. The highest BCUT2D eigenvalue weighted by molar-refractivity contribution is 5.37. The molecule has 1 aromatic heterocycles. The lowest BCUT2D eigenvalue weighted by atomic mass is 10.2. The van der Waals surface area contributed by atoms with Crippen LogP contribution in [0.2, 0.25) is 0 Å². The smallest absolute Gasteiger partial charge is 0.126 e. The molecule has 0 aromatic carbocycles. The molecule has 0 bridgehead atoms. The van der Waals surface area contributed by atoms with Gasteiger partial charge in [0, 0.05) is 13.5 Å². The molecule has 0 aliphatic carbocycles. The Balaban J connectivity index is 2.98. The van der Waals surface area contributed by atoms with E-state index in [0.717, 1.165) is 36.6 Å². The van der Waals surface area contributed by atoms with Crippen molar-refractivity contribution in [3.63, 3.8) is 0 Å². The van der Waals surface area contributed by atoms with Gasteiger partial charge in [0.05, 0.1) is 5.69 Å². The molecule has 3 nitrogen and oxygen atoms in total. The lowest BCUT2D eigenvalue weighted by Crippen LogP contribution is -2.00. The van der Waals surface area contributed by atoms with Gasteiger partial charge in [-0.2, -0.15) is 0 Å². The summed E-state index contributed by atoms with van der Waals surface area (Å²) >= 11 is 0. The number of imidazole rings is 1. The zero-order valence-corrected chi connectivity index (χ0v) is 8.09. The minimum atomic E-state index is 0.828. The van der Waals surface area contributed by atoms with Crippen LogP contribution in [0.25, 0.3) is 0 Å². The average molecular weight is 167 g/mol. The molecule has 0 unspecified atom stereocenters. The number of rotatable bonds is 3. The largest absolute Gasteiger partial charge is 0.384 e. The van der Waals surface area contributed by atoms with Crippen molar-refractivity contribution in [1.29, 1.82) is 0 Å². The fourth-order valence-corrected chi connectivity index (χ4v) is 1.36. The second kappa shape index (κ2) is 3.61. The highest BCUT2D eigenvalue weighted by Gasteiger charge is 2.08. The van der Waals surface area contributed by atoms with E-state index in [0.29, 0.717) is 0 Å². The zero-order chi connectivity index (χ0) is 9.14. The second-order valence-electron chi connectivity index (χ2n) is 3.02. The predicted molar refractivity (Wildman–Crippen MR) is 51.0 cm³/mol. The molecule has 1 aromatic rings. The number of hydrogen-bond acceptors (Lipinski definition) is 2. The monoisotopic (exact) mass is 167 g/mol. The van der Waals surface area contributed by atoms with Gasteiger partial charge in [0.25, 0.3) is 0 Å². The van der Waals surface area contributed by atoms with Crippen LogP contribution in [-0.2, 0) is 19.9 Å². The van der Waals surface area contributed by atoms with E-state index in [-0.39, 0.29) is 0 Å². The molecule has 3 heteroatoms. The molecule has 0 atom stereocenters. The third-order valence-electron chi connectivity index (χ3n) is 2.11. The molecule has 12 heavy (non-hydrogen) atoms. The molecule has 2 N–H and O–H groups in total. The van der Waals surface area contributed by atoms with Gasteiger partial charge in [0.2, 0.25) is 0 Å². The number of aryl methyl sites for hydroxylation is 2. The Hall–Kier alpha value is -0.990. The van der Waals surface area contributed by atoms with E-state index < -0.39 is 0 Å². The van der Waals surface area contributed by atoms with Crippen LogP contribution in [0.1, 0.15) is 31.8 Å². The van der Waals surface area contributed by atoms with E-state index in [1.165, 1.54) is 0 Å². The summed E-state index contributed by atoms with van der Waals surface area (Å²) in [6.07, 6.45) is 3.04. The van der Waals surface area contributed by atoms with E-state index >= 15 is 0 Å². The van der Waals surface area contributed by atoms with Gasteiger partial charge in [-0.3, -0.25) is 0 Å². The van der Waals surface area contributed by atoms with Crippen molar-refractivity contribution in [2.24, 2.45) is 7.05 Å². The molecule has 0 aliphatic heterocycles. The Labute approximate surface area is 73.6 Å². The minimum Gasteiger partial charge on any atom is -0.384 e. The molecular formula is C9H17N3. The number of anilines is 1. The Morgan fingerprint density at radius 2 is 2.08 bits per heavy atom. The first kappa shape index (κ1) is 9.10. The van der Waals surface area contributed by atoms with Crippen molar-refractivity contribution in [3.8, 4) is 0 Å². The first-order valence-electron chi connectivity index (χ1n) is 4.50. The van der Waals surface area contributed by atoms with Crippen molar-refractivity contribution >= 4 is 5.82 Å². The van der Waals surface area contributed by atoms with E-state index in [1.807, 2.05) is 11.6 Å². The van der Waals surface area contributed by atoms with Crippen molar-refractivity contribution in [3.05, 3.63) is 11.5 Å². The van der Waals surface area contributed by atoms with Crippen LogP contribution in [0.15, 0.2) is 0 Å². The first-order chi connectivity index (χ1) is 5.70. The number of nitrogen functional groups attached to an aromatic ring is 1. The highest BCUT2D eigenvalue weighted by atomic mass is 15.1. The van der Waals surface area contributed by atoms with Crippen molar-refractivity contribution < 1.29 is 0 Å². The Kier molecular flexibility index (Phi) is 2.74.